The van der Waals surface area contributed by atoms with Gasteiger partial charge >= 0.3 is 11.7 Å². The fourth-order valence-corrected chi connectivity index (χ4v) is 3.96. The van der Waals surface area contributed by atoms with E-state index in [9.17, 15) is 34.6 Å². The number of non-ortho nitro benzene ring substituents is 1. The van der Waals surface area contributed by atoms with Crippen LogP contribution in [0.15, 0.2) is 60.2 Å². The minimum absolute atomic E-state index is 0.0306. The first kappa shape index (κ1) is 26.5. The number of ether oxygens (including phenoxy) is 2. The van der Waals surface area contributed by atoms with Crippen LogP contribution in [0.3, 0.4) is 0 Å². The Labute approximate surface area is 220 Å². The number of rotatable bonds is 7. The largest absolute Gasteiger partial charge is 0.493 e. The van der Waals surface area contributed by atoms with Crippen LogP contribution in [0.25, 0.3) is 6.08 Å². The predicted octanol–water partition coefficient (Wildman–Crippen LogP) is 4.59. The Morgan fingerprint density at radius 1 is 0.846 bits per heavy atom. The average Bonchev–Trinajstić information content (AvgIpc) is 2.86. The van der Waals surface area contributed by atoms with Crippen molar-refractivity contribution < 1.29 is 33.7 Å². The Balaban J connectivity index is 1.68. The molecule has 0 unspecified atom stereocenters. The molecule has 0 aliphatic carbocycles. The van der Waals surface area contributed by atoms with Gasteiger partial charge < -0.3 is 9.47 Å². The summed E-state index contributed by atoms with van der Waals surface area (Å²) >= 11 is 0. The Bertz CT molecular complexity index is 1580. The Hall–Kier alpha value is -5.59. The first-order valence-electron chi connectivity index (χ1n) is 11.3. The van der Waals surface area contributed by atoms with Crippen LogP contribution in [0.4, 0.5) is 21.9 Å². The van der Waals surface area contributed by atoms with Gasteiger partial charge in [-0.3, -0.25) is 35.1 Å². The minimum atomic E-state index is -0.883. The second-order valence-electron chi connectivity index (χ2n) is 8.48. The summed E-state index contributed by atoms with van der Waals surface area (Å²) in [6.07, 6.45) is 1.26. The molecule has 0 aromatic heterocycles. The van der Waals surface area contributed by atoms with Gasteiger partial charge in [0, 0.05) is 6.07 Å². The molecule has 198 valence electrons. The first-order valence-corrected chi connectivity index (χ1v) is 11.3. The molecule has 4 amide bonds. The van der Waals surface area contributed by atoms with Crippen molar-refractivity contribution in [1.29, 1.82) is 0 Å². The number of nitrogens with zero attached hydrogens (tertiary/aromatic N) is 3. The van der Waals surface area contributed by atoms with Crippen LogP contribution in [0, 0.1) is 34.1 Å². The highest BCUT2D eigenvalue weighted by atomic mass is 16.6. The van der Waals surface area contributed by atoms with Crippen LogP contribution in [0.2, 0.25) is 0 Å². The maximum atomic E-state index is 13.2. The molecule has 1 aliphatic rings. The number of amides is 4. The van der Waals surface area contributed by atoms with E-state index in [0.717, 1.165) is 34.2 Å². The molecule has 0 radical (unpaired) electrons. The second kappa shape index (κ2) is 10.4. The summed E-state index contributed by atoms with van der Waals surface area (Å²) in [7, 11) is 1.31. The highest BCUT2D eigenvalue weighted by molar-refractivity contribution is 6.39. The molecular formula is C26H20N4O9. The molecule has 3 aromatic carbocycles. The summed E-state index contributed by atoms with van der Waals surface area (Å²) in [6, 6.07) is 11.5. The molecule has 39 heavy (non-hydrogen) atoms. The third-order valence-electron chi connectivity index (χ3n) is 5.63. The molecule has 13 nitrogen and oxygen atoms in total. The number of aryl methyl sites for hydroxylation is 2. The fraction of sp³-hybridized carbons (Fsp3) is 0.115. The lowest BCUT2D eigenvalue weighted by Gasteiger charge is -2.27. The molecular weight excluding hydrogens is 512 g/mol. The van der Waals surface area contributed by atoms with Crippen molar-refractivity contribution in [2.75, 3.05) is 12.0 Å². The number of barbiturate groups is 1. The van der Waals surface area contributed by atoms with Gasteiger partial charge in [0.25, 0.3) is 17.5 Å². The monoisotopic (exact) mass is 532 g/mol. The third kappa shape index (κ3) is 5.41. The van der Waals surface area contributed by atoms with Crippen LogP contribution >= 0.6 is 0 Å². The average molecular weight is 532 g/mol. The molecule has 0 atom stereocenters. The van der Waals surface area contributed by atoms with Crippen molar-refractivity contribution >= 4 is 41.0 Å². The fourth-order valence-electron chi connectivity index (χ4n) is 3.96. The number of anilines is 1. The number of methoxy groups -OCH3 is 1. The quantitative estimate of drug-likeness (QED) is 0.198. The van der Waals surface area contributed by atoms with Crippen LogP contribution in [0.5, 0.6) is 17.2 Å². The topological polar surface area (TPSA) is 171 Å². The zero-order valence-electron chi connectivity index (χ0n) is 20.8. The van der Waals surface area contributed by atoms with Crippen LogP contribution < -0.4 is 19.7 Å². The predicted molar refractivity (Wildman–Crippen MR) is 138 cm³/mol. The van der Waals surface area contributed by atoms with Gasteiger partial charge in [0.05, 0.1) is 28.7 Å². The number of nitrogens with one attached hydrogen (secondary N) is 1. The van der Waals surface area contributed by atoms with E-state index >= 15 is 0 Å². The molecule has 1 fully saturated rings. The Kier molecular flexibility index (Phi) is 7.07. The van der Waals surface area contributed by atoms with Crippen LogP contribution in [0.1, 0.15) is 16.7 Å². The molecule has 1 heterocycles. The molecule has 0 bridgehead atoms. The lowest BCUT2D eigenvalue weighted by molar-refractivity contribution is -0.394. The van der Waals surface area contributed by atoms with E-state index in [1.807, 2.05) is 19.9 Å². The summed E-state index contributed by atoms with van der Waals surface area (Å²) in [5.74, 6) is -1.86. The van der Waals surface area contributed by atoms with Crippen molar-refractivity contribution in [2.45, 2.75) is 13.8 Å². The SMILES string of the molecule is COc1cc(/C=C2\C(=O)NC(=O)N(c3cc(C)cc(C)c3)C2=O)ccc1Oc1ccc([N+](=O)[O-])cc1[N+](=O)[O-]. The van der Waals surface area contributed by atoms with Gasteiger partial charge in [-0.1, -0.05) is 12.1 Å². The maximum Gasteiger partial charge on any atom is 0.335 e. The molecule has 1 saturated heterocycles. The number of imide groups is 2. The van der Waals surface area contributed by atoms with Crippen molar-refractivity contribution in [3.8, 4) is 17.2 Å². The van der Waals surface area contributed by atoms with Crippen molar-refractivity contribution in [1.82, 2.24) is 5.32 Å². The van der Waals surface area contributed by atoms with Gasteiger partial charge in [0.2, 0.25) is 5.75 Å². The number of urea groups is 1. The molecule has 1 aliphatic heterocycles. The number of carbonyl (C=O) groups excluding carboxylic acids is 3. The van der Waals surface area contributed by atoms with E-state index in [1.165, 1.54) is 31.4 Å². The van der Waals surface area contributed by atoms with E-state index in [0.29, 0.717) is 11.3 Å². The van der Waals surface area contributed by atoms with E-state index in [4.69, 9.17) is 9.47 Å². The molecule has 4 rings (SSSR count). The van der Waals surface area contributed by atoms with Crippen molar-refractivity contribution in [3.05, 3.63) is 97.1 Å². The lowest BCUT2D eigenvalue weighted by atomic mass is 10.0. The van der Waals surface area contributed by atoms with Gasteiger partial charge in [-0.2, -0.15) is 0 Å². The maximum absolute atomic E-state index is 13.2. The van der Waals surface area contributed by atoms with Gasteiger partial charge in [-0.15, -0.1) is 0 Å². The minimum Gasteiger partial charge on any atom is -0.493 e. The Morgan fingerprint density at radius 2 is 1.51 bits per heavy atom. The summed E-state index contributed by atoms with van der Waals surface area (Å²) in [5, 5.41) is 24.6. The molecule has 1 N–H and O–H groups in total. The number of carbonyl (C=O) groups is 3. The van der Waals surface area contributed by atoms with Gasteiger partial charge in [-0.25, -0.2) is 9.69 Å². The summed E-state index contributed by atoms with van der Waals surface area (Å²) < 4.78 is 10.9. The zero-order valence-corrected chi connectivity index (χ0v) is 20.8. The highest BCUT2D eigenvalue weighted by Gasteiger charge is 2.37. The third-order valence-corrected chi connectivity index (χ3v) is 5.63. The number of hydrogen-bond acceptors (Lipinski definition) is 9. The Morgan fingerprint density at radius 3 is 2.13 bits per heavy atom. The van der Waals surface area contributed by atoms with E-state index in [1.54, 1.807) is 12.1 Å². The van der Waals surface area contributed by atoms with Gasteiger partial charge in [0.15, 0.2) is 11.5 Å². The van der Waals surface area contributed by atoms with Gasteiger partial charge in [-0.05, 0) is 66.9 Å². The van der Waals surface area contributed by atoms with Crippen LogP contribution in [-0.4, -0.2) is 34.8 Å². The molecule has 13 heteroatoms. The first-order chi connectivity index (χ1) is 18.5. The number of benzene rings is 3. The number of hydrogen-bond donors (Lipinski definition) is 1. The van der Waals surface area contributed by atoms with Gasteiger partial charge in [0.1, 0.15) is 5.57 Å². The molecule has 0 spiro atoms. The van der Waals surface area contributed by atoms with E-state index in [2.05, 4.69) is 5.32 Å². The second-order valence-corrected chi connectivity index (χ2v) is 8.48. The lowest BCUT2D eigenvalue weighted by Crippen LogP contribution is -2.54. The van der Waals surface area contributed by atoms with E-state index in [-0.39, 0.29) is 22.8 Å². The van der Waals surface area contributed by atoms with Crippen molar-refractivity contribution in [3.63, 3.8) is 0 Å². The standard InChI is InChI=1S/C26H20N4O9/c1-14-8-15(2)10-18(9-14)28-25(32)19(24(31)27-26(28)33)11-16-4-6-22(23(12-16)38-3)39-21-7-5-17(29(34)35)13-20(21)30(36)37/h4-13H,1-3H3,(H,27,31,33)/b19-11+. The zero-order chi connectivity index (χ0) is 28.4. The van der Waals surface area contributed by atoms with Crippen LogP contribution in [-0.2, 0) is 9.59 Å². The smallest absolute Gasteiger partial charge is 0.335 e. The summed E-state index contributed by atoms with van der Waals surface area (Å²) in [4.78, 5) is 60.0. The number of nitro benzene ring substituents is 2. The normalized spacial score (nSPS) is 14.3. The molecule has 3 aromatic rings. The number of nitro groups is 2. The van der Waals surface area contributed by atoms with Crippen molar-refractivity contribution in [2.24, 2.45) is 0 Å². The summed E-state index contributed by atoms with van der Waals surface area (Å²) in [5.41, 5.74) is 0.855. The molecule has 0 saturated carbocycles. The summed E-state index contributed by atoms with van der Waals surface area (Å²) in [6.45, 7) is 3.62. The van der Waals surface area contributed by atoms with E-state index < -0.39 is 39.1 Å². The highest BCUT2D eigenvalue weighted by Crippen LogP contribution is 2.38.